The van der Waals surface area contributed by atoms with Crippen molar-refractivity contribution in [2.45, 2.75) is 37.5 Å². The van der Waals surface area contributed by atoms with Gasteiger partial charge in [0.1, 0.15) is 0 Å². The third kappa shape index (κ3) is 2.73. The van der Waals surface area contributed by atoms with Crippen molar-refractivity contribution in [1.82, 2.24) is 0 Å². The number of rotatable bonds is 2. The van der Waals surface area contributed by atoms with Gasteiger partial charge in [-0.2, -0.15) is 0 Å². The monoisotopic (exact) mass is 276 g/mol. The molecule has 0 aliphatic heterocycles. The van der Waals surface area contributed by atoms with E-state index in [1.54, 1.807) is 0 Å². The minimum absolute atomic E-state index is 0.785. The van der Waals surface area contributed by atoms with Crippen molar-refractivity contribution in [2.24, 2.45) is 0 Å². The standard InChI is InChI=1S/C16H17ClS/c1-10-9-11(2)13(4)16(12(10)3)18-15-7-5-14(17)6-8-15/h5-9H,1-4H3. The predicted octanol–water partition coefficient (Wildman–Crippen LogP) is 5.72. The van der Waals surface area contributed by atoms with Crippen molar-refractivity contribution in [1.29, 1.82) is 0 Å². The highest BCUT2D eigenvalue weighted by Crippen LogP contribution is 2.36. The Morgan fingerprint density at radius 1 is 0.833 bits per heavy atom. The molecule has 0 unspecified atom stereocenters. The molecule has 18 heavy (non-hydrogen) atoms. The molecule has 0 nitrogen and oxygen atoms in total. The van der Waals surface area contributed by atoms with E-state index in [0.29, 0.717) is 0 Å². The van der Waals surface area contributed by atoms with Gasteiger partial charge in [0.25, 0.3) is 0 Å². The zero-order valence-electron chi connectivity index (χ0n) is 11.2. The van der Waals surface area contributed by atoms with Gasteiger partial charge < -0.3 is 0 Å². The van der Waals surface area contributed by atoms with Crippen LogP contribution >= 0.6 is 23.4 Å². The summed E-state index contributed by atoms with van der Waals surface area (Å²) < 4.78 is 0. The van der Waals surface area contributed by atoms with E-state index in [4.69, 9.17) is 11.6 Å². The summed E-state index contributed by atoms with van der Waals surface area (Å²) in [5, 5.41) is 0.785. The molecule has 0 heterocycles. The maximum atomic E-state index is 5.92. The van der Waals surface area contributed by atoms with Gasteiger partial charge in [-0.3, -0.25) is 0 Å². The average Bonchev–Trinajstić information content (AvgIpc) is 2.34. The smallest absolute Gasteiger partial charge is 0.0406 e. The van der Waals surface area contributed by atoms with Crippen LogP contribution in [0, 0.1) is 27.7 Å². The van der Waals surface area contributed by atoms with Crippen LogP contribution in [0.5, 0.6) is 0 Å². The van der Waals surface area contributed by atoms with Gasteiger partial charge in [0.15, 0.2) is 0 Å². The molecule has 0 amide bonds. The number of benzene rings is 2. The molecule has 0 atom stereocenters. The lowest BCUT2D eigenvalue weighted by molar-refractivity contribution is 1.13. The molecule has 0 spiro atoms. The summed E-state index contributed by atoms with van der Waals surface area (Å²) >= 11 is 7.74. The molecule has 0 saturated carbocycles. The molecule has 2 rings (SSSR count). The van der Waals surface area contributed by atoms with E-state index in [9.17, 15) is 0 Å². The van der Waals surface area contributed by atoms with Gasteiger partial charge >= 0.3 is 0 Å². The number of aryl methyl sites for hydroxylation is 2. The molecule has 0 fully saturated rings. The molecule has 0 aromatic heterocycles. The van der Waals surface area contributed by atoms with E-state index in [1.165, 1.54) is 32.0 Å². The first-order valence-electron chi connectivity index (χ1n) is 6.00. The van der Waals surface area contributed by atoms with Crippen LogP contribution < -0.4 is 0 Å². The summed E-state index contributed by atoms with van der Waals surface area (Å²) in [6.07, 6.45) is 0. The van der Waals surface area contributed by atoms with Gasteiger partial charge in [0, 0.05) is 14.8 Å². The first-order valence-corrected chi connectivity index (χ1v) is 7.19. The first kappa shape index (κ1) is 13.5. The molecule has 0 aliphatic carbocycles. The SMILES string of the molecule is Cc1cc(C)c(C)c(Sc2ccc(Cl)cc2)c1C. The van der Waals surface area contributed by atoms with Crippen LogP contribution in [0.4, 0.5) is 0 Å². The maximum absolute atomic E-state index is 5.92. The summed E-state index contributed by atoms with van der Waals surface area (Å²) in [5.41, 5.74) is 5.46. The quantitative estimate of drug-likeness (QED) is 0.675. The second-order valence-electron chi connectivity index (χ2n) is 4.65. The predicted molar refractivity (Wildman–Crippen MR) is 81.0 cm³/mol. The normalized spacial score (nSPS) is 10.7. The van der Waals surface area contributed by atoms with E-state index in [-0.39, 0.29) is 0 Å². The lowest BCUT2D eigenvalue weighted by Gasteiger charge is -2.14. The van der Waals surface area contributed by atoms with E-state index in [0.717, 1.165) is 5.02 Å². The van der Waals surface area contributed by atoms with Gasteiger partial charge in [-0.25, -0.2) is 0 Å². The number of halogens is 1. The van der Waals surface area contributed by atoms with Crippen molar-refractivity contribution in [3.05, 3.63) is 57.6 Å². The molecule has 0 aliphatic rings. The van der Waals surface area contributed by atoms with Crippen LogP contribution in [0.3, 0.4) is 0 Å². The largest absolute Gasteiger partial charge is 0.0895 e. The van der Waals surface area contributed by atoms with Crippen LogP contribution in [-0.2, 0) is 0 Å². The van der Waals surface area contributed by atoms with E-state index >= 15 is 0 Å². The lowest BCUT2D eigenvalue weighted by atomic mass is 10.0. The van der Waals surface area contributed by atoms with Crippen molar-refractivity contribution < 1.29 is 0 Å². The second kappa shape index (κ2) is 5.38. The molecule has 0 radical (unpaired) electrons. The molecular formula is C16H17ClS. The minimum Gasteiger partial charge on any atom is -0.0895 e. The van der Waals surface area contributed by atoms with Crippen LogP contribution in [0.1, 0.15) is 22.3 Å². The van der Waals surface area contributed by atoms with Gasteiger partial charge in [-0.15, -0.1) is 0 Å². The average molecular weight is 277 g/mol. The first-order chi connectivity index (χ1) is 8.49. The Balaban J connectivity index is 2.42. The van der Waals surface area contributed by atoms with Crippen LogP contribution in [0.15, 0.2) is 40.1 Å². The highest BCUT2D eigenvalue weighted by molar-refractivity contribution is 7.99. The van der Waals surface area contributed by atoms with Gasteiger partial charge in [-0.05, 0) is 74.2 Å². The number of hydrogen-bond donors (Lipinski definition) is 0. The summed E-state index contributed by atoms with van der Waals surface area (Å²) in [4.78, 5) is 2.60. The summed E-state index contributed by atoms with van der Waals surface area (Å²) in [6.45, 7) is 8.74. The van der Waals surface area contributed by atoms with Gasteiger partial charge in [0.05, 0.1) is 0 Å². The van der Waals surface area contributed by atoms with Crippen molar-refractivity contribution >= 4 is 23.4 Å². The molecule has 0 saturated heterocycles. The fraction of sp³-hybridized carbons (Fsp3) is 0.250. The molecule has 0 bridgehead atoms. The Morgan fingerprint density at radius 2 is 1.33 bits per heavy atom. The fourth-order valence-electron chi connectivity index (χ4n) is 1.95. The molecule has 94 valence electrons. The van der Waals surface area contributed by atoms with Crippen LogP contribution in [-0.4, -0.2) is 0 Å². The van der Waals surface area contributed by atoms with Crippen molar-refractivity contribution in [2.75, 3.05) is 0 Å². The van der Waals surface area contributed by atoms with Crippen molar-refractivity contribution in [3.63, 3.8) is 0 Å². The summed E-state index contributed by atoms with van der Waals surface area (Å²) in [6, 6.07) is 10.3. The molecule has 0 N–H and O–H groups in total. The molecule has 2 aromatic rings. The molecule has 2 heteroatoms. The fourth-order valence-corrected chi connectivity index (χ4v) is 3.22. The van der Waals surface area contributed by atoms with Gasteiger partial charge in [0.2, 0.25) is 0 Å². The Bertz CT molecular complexity index is 544. The minimum atomic E-state index is 0.785. The zero-order valence-corrected chi connectivity index (χ0v) is 12.7. The van der Waals surface area contributed by atoms with Gasteiger partial charge in [-0.1, -0.05) is 29.4 Å². The third-order valence-electron chi connectivity index (χ3n) is 3.33. The summed E-state index contributed by atoms with van der Waals surface area (Å²) in [7, 11) is 0. The molecule has 2 aromatic carbocycles. The van der Waals surface area contributed by atoms with E-state index < -0.39 is 0 Å². The Labute approximate surface area is 118 Å². The Kier molecular flexibility index (Phi) is 4.04. The van der Waals surface area contributed by atoms with Crippen molar-refractivity contribution in [3.8, 4) is 0 Å². The highest BCUT2D eigenvalue weighted by atomic mass is 35.5. The molecular weight excluding hydrogens is 260 g/mol. The van der Waals surface area contributed by atoms with E-state index in [1.807, 2.05) is 23.9 Å². The lowest BCUT2D eigenvalue weighted by Crippen LogP contribution is -1.93. The zero-order chi connectivity index (χ0) is 13.3. The van der Waals surface area contributed by atoms with Crippen LogP contribution in [0.2, 0.25) is 5.02 Å². The Hall–Kier alpha value is -0.920. The number of hydrogen-bond acceptors (Lipinski definition) is 1. The maximum Gasteiger partial charge on any atom is 0.0406 e. The Morgan fingerprint density at radius 3 is 1.83 bits per heavy atom. The van der Waals surface area contributed by atoms with Crippen LogP contribution in [0.25, 0.3) is 0 Å². The summed E-state index contributed by atoms with van der Waals surface area (Å²) in [5.74, 6) is 0. The second-order valence-corrected chi connectivity index (χ2v) is 6.17. The highest BCUT2D eigenvalue weighted by Gasteiger charge is 2.09. The van der Waals surface area contributed by atoms with E-state index in [2.05, 4.69) is 45.9 Å². The third-order valence-corrected chi connectivity index (χ3v) is 4.91. The topological polar surface area (TPSA) is 0 Å².